The predicted molar refractivity (Wildman–Crippen MR) is 109 cm³/mol. The second-order valence-corrected chi connectivity index (χ2v) is 7.13. The van der Waals surface area contributed by atoms with E-state index in [1.165, 1.54) is 6.07 Å². The summed E-state index contributed by atoms with van der Waals surface area (Å²) in [5.74, 6) is -0.403. The third-order valence-electron chi connectivity index (χ3n) is 4.11. The number of H-pyrrole nitrogens is 1. The zero-order valence-corrected chi connectivity index (χ0v) is 16.1. The molecule has 0 aliphatic heterocycles. The van der Waals surface area contributed by atoms with Gasteiger partial charge in [-0.05, 0) is 29.2 Å². The quantitative estimate of drug-likeness (QED) is 0.507. The van der Waals surface area contributed by atoms with E-state index in [0.29, 0.717) is 16.2 Å². The van der Waals surface area contributed by atoms with Gasteiger partial charge in [0.05, 0.1) is 16.3 Å². The number of aromatic nitrogens is 1. The molecule has 0 atom stereocenters. The Morgan fingerprint density at radius 2 is 1.79 bits per heavy atom. The predicted octanol–water partition coefficient (Wildman–Crippen LogP) is 4.06. The average Bonchev–Trinajstić information content (AvgIpc) is 2.71. The van der Waals surface area contributed by atoms with Gasteiger partial charge in [0.25, 0.3) is 0 Å². The van der Waals surface area contributed by atoms with Gasteiger partial charge in [0.2, 0.25) is 5.56 Å². The van der Waals surface area contributed by atoms with E-state index in [0.717, 1.165) is 28.5 Å². The molecule has 0 bridgehead atoms. The van der Waals surface area contributed by atoms with Gasteiger partial charge in [0, 0.05) is 6.07 Å². The minimum Gasteiger partial charge on any atom is -0.460 e. The van der Waals surface area contributed by atoms with Gasteiger partial charge < -0.3 is 9.72 Å². The molecule has 3 rings (SSSR count). The molecular weight excluding hydrogens is 372 g/mol. The van der Waals surface area contributed by atoms with Crippen molar-refractivity contribution in [3.8, 4) is 17.2 Å². The number of hydrogen-bond acceptors (Lipinski definition) is 5. The number of aromatic amines is 1. The van der Waals surface area contributed by atoms with Gasteiger partial charge in [-0.25, -0.2) is 0 Å². The average molecular weight is 390 g/mol. The first-order chi connectivity index (χ1) is 13.6. The lowest BCUT2D eigenvalue weighted by atomic mass is 10.0. The smallest absolute Gasteiger partial charge is 0.316 e. The lowest BCUT2D eigenvalue weighted by Crippen LogP contribution is -2.11. The summed E-state index contributed by atoms with van der Waals surface area (Å²) in [6, 6.07) is 21.3. The van der Waals surface area contributed by atoms with Crippen LogP contribution in [0.15, 0.2) is 70.5 Å². The lowest BCUT2D eigenvalue weighted by Gasteiger charge is -2.08. The van der Waals surface area contributed by atoms with E-state index < -0.39 is 5.97 Å². The maximum atomic E-state index is 12.0. The maximum Gasteiger partial charge on any atom is 0.316 e. The normalized spacial score (nSPS) is 10.3. The highest BCUT2D eigenvalue weighted by Gasteiger charge is 2.11. The van der Waals surface area contributed by atoms with E-state index in [1.807, 2.05) is 60.7 Å². The molecule has 0 saturated heterocycles. The van der Waals surface area contributed by atoms with Crippen molar-refractivity contribution >= 4 is 17.7 Å². The molecule has 5 nitrogen and oxygen atoms in total. The van der Waals surface area contributed by atoms with Crippen molar-refractivity contribution in [2.75, 3.05) is 5.75 Å². The van der Waals surface area contributed by atoms with Crippen LogP contribution in [0.3, 0.4) is 0 Å². The Bertz CT molecular complexity index is 1070. The summed E-state index contributed by atoms with van der Waals surface area (Å²) in [5.41, 5.74) is 3.77. The Hall–Kier alpha value is -3.30. The van der Waals surface area contributed by atoms with Crippen LogP contribution in [-0.2, 0) is 16.1 Å². The fourth-order valence-electron chi connectivity index (χ4n) is 2.67. The van der Waals surface area contributed by atoms with Crippen molar-refractivity contribution < 1.29 is 9.53 Å². The Morgan fingerprint density at radius 3 is 2.46 bits per heavy atom. The number of carbonyl (C=O) groups is 1. The van der Waals surface area contributed by atoms with Crippen molar-refractivity contribution in [1.82, 2.24) is 4.98 Å². The van der Waals surface area contributed by atoms with E-state index in [9.17, 15) is 14.9 Å². The number of thioether (sulfide) groups is 1. The number of benzene rings is 2. The Kier molecular flexibility index (Phi) is 6.30. The van der Waals surface area contributed by atoms with Crippen molar-refractivity contribution in [3.63, 3.8) is 0 Å². The Labute approximate surface area is 167 Å². The van der Waals surface area contributed by atoms with Crippen LogP contribution in [0.25, 0.3) is 11.1 Å². The first kappa shape index (κ1) is 19.5. The molecule has 0 fully saturated rings. The van der Waals surface area contributed by atoms with Crippen molar-refractivity contribution in [3.05, 3.63) is 87.7 Å². The molecule has 0 spiro atoms. The highest BCUT2D eigenvalue weighted by Crippen LogP contribution is 2.22. The molecule has 1 N–H and O–H groups in total. The number of pyridine rings is 1. The van der Waals surface area contributed by atoms with Crippen LogP contribution in [0, 0.1) is 18.3 Å². The van der Waals surface area contributed by atoms with Crippen molar-refractivity contribution in [2.24, 2.45) is 0 Å². The number of ether oxygens (including phenoxy) is 1. The van der Waals surface area contributed by atoms with Crippen LogP contribution >= 0.6 is 11.8 Å². The molecule has 0 unspecified atom stereocenters. The second-order valence-electron chi connectivity index (χ2n) is 6.14. The third kappa shape index (κ3) is 4.90. The zero-order valence-electron chi connectivity index (χ0n) is 15.3. The largest absolute Gasteiger partial charge is 0.460 e. The molecule has 2 aromatic carbocycles. The molecule has 0 amide bonds. The summed E-state index contributed by atoms with van der Waals surface area (Å²) in [7, 11) is 0. The fraction of sp³-hybridized carbons (Fsp3) is 0.136. The summed E-state index contributed by atoms with van der Waals surface area (Å²) >= 11 is 1.09. The summed E-state index contributed by atoms with van der Waals surface area (Å²) in [6.07, 6.45) is 0. The topological polar surface area (TPSA) is 82.9 Å². The van der Waals surface area contributed by atoms with Gasteiger partial charge in [-0.2, -0.15) is 5.26 Å². The first-order valence-electron chi connectivity index (χ1n) is 8.63. The first-order valence-corrected chi connectivity index (χ1v) is 9.62. The number of nitrogens with zero attached hydrogens (tertiary/aromatic N) is 1. The van der Waals surface area contributed by atoms with Crippen molar-refractivity contribution in [1.29, 1.82) is 5.26 Å². The molecule has 1 heterocycles. The van der Waals surface area contributed by atoms with E-state index in [4.69, 9.17) is 4.74 Å². The van der Waals surface area contributed by atoms with Crippen LogP contribution in [-0.4, -0.2) is 16.7 Å². The summed E-state index contributed by atoms with van der Waals surface area (Å²) in [4.78, 5) is 26.2. The number of nitriles is 1. The molecule has 6 heteroatoms. The molecular formula is C22H18N2O3S. The summed E-state index contributed by atoms with van der Waals surface area (Å²) < 4.78 is 5.29. The van der Waals surface area contributed by atoms with Crippen LogP contribution in [0.2, 0.25) is 0 Å². The maximum absolute atomic E-state index is 12.0. The number of aryl methyl sites for hydroxylation is 1. The molecule has 1 aromatic heterocycles. The molecule has 0 aliphatic rings. The number of esters is 1. The van der Waals surface area contributed by atoms with E-state index in [2.05, 4.69) is 4.98 Å². The lowest BCUT2D eigenvalue weighted by molar-refractivity contribution is -0.141. The van der Waals surface area contributed by atoms with Gasteiger partial charge in [0.1, 0.15) is 12.7 Å². The SMILES string of the molecule is Cc1cc(=O)[nH]c(SCC(=O)OCc2ccc(-c3ccccc3)cc2)c1C#N. The highest BCUT2D eigenvalue weighted by molar-refractivity contribution is 7.99. The van der Waals surface area contributed by atoms with Gasteiger partial charge >= 0.3 is 5.97 Å². The van der Waals surface area contributed by atoms with Crippen LogP contribution in [0.5, 0.6) is 0 Å². The van der Waals surface area contributed by atoms with Gasteiger partial charge in [-0.1, -0.05) is 66.4 Å². The highest BCUT2D eigenvalue weighted by atomic mass is 32.2. The second kappa shape index (κ2) is 9.07. The fourth-order valence-corrected chi connectivity index (χ4v) is 3.54. The van der Waals surface area contributed by atoms with E-state index in [-0.39, 0.29) is 17.9 Å². The summed E-state index contributed by atoms with van der Waals surface area (Å²) in [6.45, 7) is 1.86. The van der Waals surface area contributed by atoms with Crippen LogP contribution in [0.4, 0.5) is 0 Å². The summed E-state index contributed by atoms with van der Waals surface area (Å²) in [5, 5.41) is 9.60. The molecule has 140 valence electrons. The minimum absolute atomic E-state index is 0.0101. The van der Waals surface area contributed by atoms with E-state index >= 15 is 0 Å². The van der Waals surface area contributed by atoms with Crippen molar-refractivity contribution in [2.45, 2.75) is 18.6 Å². The minimum atomic E-state index is -0.414. The number of rotatable bonds is 6. The van der Waals surface area contributed by atoms with Crippen LogP contribution in [0.1, 0.15) is 16.7 Å². The van der Waals surface area contributed by atoms with Gasteiger partial charge in [0.15, 0.2) is 0 Å². The molecule has 0 saturated carbocycles. The van der Waals surface area contributed by atoms with Gasteiger partial charge in [-0.3, -0.25) is 9.59 Å². The number of hydrogen-bond donors (Lipinski definition) is 1. The number of carbonyl (C=O) groups excluding carboxylic acids is 1. The molecule has 0 radical (unpaired) electrons. The Morgan fingerprint density at radius 1 is 1.11 bits per heavy atom. The molecule has 0 aliphatic carbocycles. The third-order valence-corrected chi connectivity index (χ3v) is 5.09. The zero-order chi connectivity index (χ0) is 19.9. The molecule has 3 aromatic rings. The monoisotopic (exact) mass is 390 g/mol. The van der Waals surface area contributed by atoms with Gasteiger partial charge in [-0.15, -0.1) is 0 Å². The van der Waals surface area contributed by atoms with Crippen LogP contribution < -0.4 is 5.56 Å². The Balaban J connectivity index is 1.55. The number of nitrogens with one attached hydrogen (secondary N) is 1. The van der Waals surface area contributed by atoms with E-state index in [1.54, 1.807) is 6.92 Å². The molecule has 28 heavy (non-hydrogen) atoms. The standard InChI is InChI=1S/C22H18N2O3S/c1-15-11-20(25)24-22(19(15)12-23)28-14-21(26)27-13-16-7-9-18(10-8-16)17-5-3-2-4-6-17/h2-11H,13-14H2,1H3,(H,24,25).